The summed E-state index contributed by atoms with van der Waals surface area (Å²) in [7, 11) is 0. The lowest BCUT2D eigenvalue weighted by Gasteiger charge is -2.27. The van der Waals surface area contributed by atoms with E-state index >= 15 is 0 Å². The van der Waals surface area contributed by atoms with Gasteiger partial charge in [0.05, 0.1) is 12.7 Å². The number of morpholine rings is 1. The Balaban J connectivity index is 0.000000980. The molecule has 0 aromatic carbocycles. The minimum atomic E-state index is 0. The number of hydrogen-bond donors (Lipinski definition) is 1. The number of rotatable bonds is 1. The fraction of sp³-hybridized carbons (Fsp3) is 0.750. The van der Waals surface area contributed by atoms with Gasteiger partial charge in [0.25, 0.3) is 0 Å². The van der Waals surface area contributed by atoms with Crippen LogP contribution in [0.3, 0.4) is 0 Å². The van der Waals surface area contributed by atoms with E-state index in [-0.39, 0.29) is 24.6 Å². The molecule has 14 heavy (non-hydrogen) atoms. The average molecular weight is 220 g/mol. The molecule has 0 amide bonds. The molecule has 1 N–H and O–H groups in total. The van der Waals surface area contributed by atoms with Gasteiger partial charge in [-0.2, -0.15) is 4.98 Å². The van der Waals surface area contributed by atoms with Crippen LogP contribution < -0.4 is 5.32 Å². The third kappa shape index (κ3) is 2.23. The molecule has 2 atom stereocenters. The highest BCUT2D eigenvalue weighted by molar-refractivity contribution is 5.85. The Kier molecular flexibility index (Phi) is 3.86. The molecule has 0 aliphatic carbocycles. The van der Waals surface area contributed by atoms with Crippen molar-refractivity contribution < 1.29 is 9.26 Å². The zero-order chi connectivity index (χ0) is 9.26. The van der Waals surface area contributed by atoms with Gasteiger partial charge in [-0.25, -0.2) is 0 Å². The van der Waals surface area contributed by atoms with Crippen LogP contribution in [0.4, 0.5) is 0 Å². The number of aromatic nitrogens is 2. The van der Waals surface area contributed by atoms with Gasteiger partial charge in [-0.15, -0.1) is 12.4 Å². The first-order valence-electron chi connectivity index (χ1n) is 4.42. The van der Waals surface area contributed by atoms with E-state index in [4.69, 9.17) is 9.26 Å². The molecular formula is C8H14ClN3O2. The van der Waals surface area contributed by atoms with Gasteiger partial charge < -0.3 is 14.6 Å². The van der Waals surface area contributed by atoms with E-state index in [1.807, 2.05) is 6.92 Å². The first kappa shape index (κ1) is 11.4. The summed E-state index contributed by atoms with van der Waals surface area (Å²) < 4.78 is 10.5. The zero-order valence-electron chi connectivity index (χ0n) is 8.19. The predicted molar refractivity (Wildman–Crippen MR) is 52.4 cm³/mol. The number of aryl methyl sites for hydroxylation is 1. The average Bonchev–Trinajstić information content (AvgIpc) is 2.53. The lowest BCUT2D eigenvalue weighted by atomic mass is 10.1. The van der Waals surface area contributed by atoms with Gasteiger partial charge in [-0.05, 0) is 13.8 Å². The van der Waals surface area contributed by atoms with E-state index in [2.05, 4.69) is 15.5 Å². The summed E-state index contributed by atoms with van der Waals surface area (Å²) in [6, 6.07) is 0.0370. The maximum absolute atomic E-state index is 5.46. The minimum Gasteiger partial charge on any atom is -0.375 e. The third-order valence-corrected chi connectivity index (χ3v) is 2.13. The van der Waals surface area contributed by atoms with E-state index in [1.54, 1.807) is 6.92 Å². The van der Waals surface area contributed by atoms with Gasteiger partial charge in [0.15, 0.2) is 5.82 Å². The molecule has 2 heterocycles. The van der Waals surface area contributed by atoms with Crippen LogP contribution in [-0.4, -0.2) is 29.4 Å². The Bertz CT molecular complexity index is 292. The van der Waals surface area contributed by atoms with Crippen molar-refractivity contribution in [3.05, 3.63) is 11.7 Å². The fourth-order valence-electron chi connectivity index (χ4n) is 1.45. The zero-order valence-corrected chi connectivity index (χ0v) is 9.00. The number of nitrogens with zero attached hydrogens (tertiary/aromatic N) is 2. The van der Waals surface area contributed by atoms with E-state index in [9.17, 15) is 0 Å². The molecule has 6 heteroatoms. The molecule has 0 radical (unpaired) electrons. The number of hydrogen-bond acceptors (Lipinski definition) is 5. The standard InChI is InChI=1S/C8H13N3O2.ClH/c1-5-7(9-3-4-12-5)8-10-6(2)11-13-8;/h5,7,9H,3-4H2,1-2H3;1H/t5-,7+;/m0./s1. The van der Waals surface area contributed by atoms with Crippen LogP contribution in [0.25, 0.3) is 0 Å². The summed E-state index contributed by atoms with van der Waals surface area (Å²) in [5.41, 5.74) is 0. The van der Waals surface area contributed by atoms with Crippen molar-refractivity contribution in [1.82, 2.24) is 15.5 Å². The Hall–Kier alpha value is -0.650. The van der Waals surface area contributed by atoms with Crippen LogP contribution in [0.5, 0.6) is 0 Å². The molecular weight excluding hydrogens is 206 g/mol. The summed E-state index contributed by atoms with van der Waals surface area (Å²) in [6.07, 6.45) is 0.0913. The van der Waals surface area contributed by atoms with Crippen molar-refractivity contribution >= 4 is 12.4 Å². The van der Waals surface area contributed by atoms with Crippen LogP contribution in [0.1, 0.15) is 24.7 Å². The second-order valence-electron chi connectivity index (χ2n) is 3.19. The number of nitrogens with one attached hydrogen (secondary N) is 1. The van der Waals surface area contributed by atoms with Crippen LogP contribution in [0.15, 0.2) is 4.52 Å². The quantitative estimate of drug-likeness (QED) is 0.759. The molecule has 1 aromatic heterocycles. The lowest BCUT2D eigenvalue weighted by Crippen LogP contribution is -2.40. The second-order valence-corrected chi connectivity index (χ2v) is 3.19. The van der Waals surface area contributed by atoms with E-state index in [1.165, 1.54) is 0 Å². The highest BCUT2D eigenvalue weighted by Gasteiger charge is 2.27. The van der Waals surface area contributed by atoms with E-state index < -0.39 is 0 Å². The van der Waals surface area contributed by atoms with Gasteiger partial charge in [0, 0.05) is 6.54 Å². The van der Waals surface area contributed by atoms with E-state index in [0.717, 1.165) is 13.2 Å². The van der Waals surface area contributed by atoms with Crippen molar-refractivity contribution in [3.8, 4) is 0 Å². The Morgan fingerprint density at radius 3 is 2.86 bits per heavy atom. The van der Waals surface area contributed by atoms with Gasteiger partial charge in [0.1, 0.15) is 6.04 Å². The highest BCUT2D eigenvalue weighted by Crippen LogP contribution is 2.19. The number of halogens is 1. The van der Waals surface area contributed by atoms with Crippen LogP contribution in [-0.2, 0) is 4.74 Å². The Morgan fingerprint density at radius 1 is 1.50 bits per heavy atom. The molecule has 5 nitrogen and oxygen atoms in total. The summed E-state index contributed by atoms with van der Waals surface area (Å²) in [5, 5.41) is 7.02. The van der Waals surface area contributed by atoms with Gasteiger partial charge in [-0.1, -0.05) is 5.16 Å². The van der Waals surface area contributed by atoms with Gasteiger partial charge in [-0.3, -0.25) is 0 Å². The lowest BCUT2D eigenvalue weighted by molar-refractivity contribution is -0.00136. The Labute approximate surface area is 88.6 Å². The molecule has 1 fully saturated rings. The molecule has 1 saturated heterocycles. The predicted octanol–water partition coefficient (Wildman–Crippen LogP) is 0.849. The van der Waals surface area contributed by atoms with E-state index in [0.29, 0.717) is 11.7 Å². The molecule has 1 aliphatic rings. The summed E-state index contributed by atoms with van der Waals surface area (Å²) >= 11 is 0. The first-order chi connectivity index (χ1) is 6.27. The smallest absolute Gasteiger partial charge is 0.246 e. The maximum Gasteiger partial charge on any atom is 0.246 e. The monoisotopic (exact) mass is 219 g/mol. The summed E-state index contributed by atoms with van der Waals surface area (Å²) in [4.78, 5) is 4.16. The van der Waals surface area contributed by atoms with Crippen LogP contribution in [0.2, 0.25) is 0 Å². The molecule has 0 saturated carbocycles. The van der Waals surface area contributed by atoms with Gasteiger partial charge >= 0.3 is 0 Å². The molecule has 0 unspecified atom stereocenters. The summed E-state index contributed by atoms with van der Waals surface area (Å²) in [6.45, 7) is 5.37. The van der Waals surface area contributed by atoms with Crippen molar-refractivity contribution in [2.24, 2.45) is 0 Å². The van der Waals surface area contributed by atoms with Crippen molar-refractivity contribution in [1.29, 1.82) is 0 Å². The largest absolute Gasteiger partial charge is 0.375 e. The van der Waals surface area contributed by atoms with Crippen molar-refractivity contribution in [2.75, 3.05) is 13.2 Å². The molecule has 0 bridgehead atoms. The van der Waals surface area contributed by atoms with Crippen molar-refractivity contribution in [3.63, 3.8) is 0 Å². The molecule has 80 valence electrons. The highest BCUT2D eigenvalue weighted by atomic mass is 35.5. The van der Waals surface area contributed by atoms with Crippen LogP contribution >= 0.6 is 12.4 Å². The normalized spacial score (nSPS) is 27.0. The first-order valence-corrected chi connectivity index (χ1v) is 4.42. The molecule has 2 rings (SSSR count). The van der Waals surface area contributed by atoms with Crippen LogP contribution in [0, 0.1) is 6.92 Å². The van der Waals surface area contributed by atoms with Crippen molar-refractivity contribution in [2.45, 2.75) is 26.0 Å². The maximum atomic E-state index is 5.46. The Morgan fingerprint density at radius 2 is 2.29 bits per heavy atom. The molecule has 1 aromatic rings. The van der Waals surface area contributed by atoms with Gasteiger partial charge in [0.2, 0.25) is 5.89 Å². The summed E-state index contributed by atoms with van der Waals surface area (Å²) in [5.74, 6) is 1.28. The SMILES string of the molecule is Cc1noc([C@@H]2NCCO[C@H]2C)n1.Cl. The second kappa shape index (κ2) is 4.72. The third-order valence-electron chi connectivity index (χ3n) is 2.13. The topological polar surface area (TPSA) is 60.2 Å². The minimum absolute atomic E-state index is 0. The number of ether oxygens (including phenoxy) is 1. The fourth-order valence-corrected chi connectivity index (χ4v) is 1.45. The molecule has 1 aliphatic heterocycles. The molecule has 0 spiro atoms.